The van der Waals surface area contributed by atoms with Crippen LogP contribution in [0, 0.1) is 0 Å². The number of aromatic nitrogens is 1. The Morgan fingerprint density at radius 3 is 2.58 bits per heavy atom. The molecular weight excluding hydrogens is 335 g/mol. The van der Waals surface area contributed by atoms with E-state index < -0.39 is 0 Å². The molecule has 5 aromatic rings. The van der Waals surface area contributed by atoms with Crippen molar-refractivity contribution in [1.82, 2.24) is 4.48 Å². The molecule has 0 atom stereocenters. The van der Waals surface area contributed by atoms with E-state index in [2.05, 4.69) is 87.5 Å². The summed E-state index contributed by atoms with van der Waals surface area (Å²) in [4.78, 5) is 3.91. The highest BCUT2D eigenvalue weighted by molar-refractivity contribution is 7.15. The van der Waals surface area contributed by atoms with Crippen LogP contribution in [0.15, 0.2) is 78.2 Å². The largest absolute Gasteiger partial charge is 0.421 e. The van der Waals surface area contributed by atoms with Crippen molar-refractivity contribution < 1.29 is 0 Å². The molecule has 3 aromatic carbocycles. The molecule has 7 rings (SSSR count). The quantitative estimate of drug-likeness (QED) is 0.348. The topological polar surface area (TPSA) is 8.17 Å². The third-order valence-corrected chi connectivity index (χ3v) is 6.78. The molecular formula is C22H13BN2S. The Balaban J connectivity index is 1.72. The lowest BCUT2D eigenvalue weighted by Crippen LogP contribution is -2.51. The second-order valence-electron chi connectivity index (χ2n) is 7.03. The Morgan fingerprint density at radius 1 is 0.731 bits per heavy atom. The minimum atomic E-state index is 0.188. The zero-order valence-corrected chi connectivity index (χ0v) is 14.7. The highest BCUT2D eigenvalue weighted by Gasteiger charge is 2.45. The van der Waals surface area contributed by atoms with Crippen molar-refractivity contribution in [1.29, 1.82) is 0 Å². The summed E-state index contributed by atoms with van der Waals surface area (Å²) in [6, 6.07) is 26.7. The Morgan fingerprint density at radius 2 is 1.58 bits per heavy atom. The molecule has 2 nitrogen and oxygen atoms in total. The van der Waals surface area contributed by atoms with Gasteiger partial charge in [-0.1, -0.05) is 54.6 Å². The summed E-state index contributed by atoms with van der Waals surface area (Å²) in [5.74, 6) is 0. The smallest absolute Gasteiger partial charge is 0.359 e. The highest BCUT2D eigenvalue weighted by Crippen LogP contribution is 2.50. The average Bonchev–Trinajstić information content (AvgIpc) is 3.38. The van der Waals surface area contributed by atoms with Gasteiger partial charge in [-0.15, -0.1) is 11.3 Å². The van der Waals surface area contributed by atoms with Gasteiger partial charge in [0.05, 0.1) is 16.1 Å². The van der Waals surface area contributed by atoms with Crippen molar-refractivity contribution in [2.24, 2.45) is 0 Å². The van der Waals surface area contributed by atoms with Crippen molar-refractivity contribution in [3.8, 4) is 10.4 Å². The fraction of sp³-hybridized carbons (Fsp3) is 0. The summed E-state index contributed by atoms with van der Waals surface area (Å²) in [5, 5.41) is 4.91. The molecule has 0 amide bonds. The zero-order chi connectivity index (χ0) is 16.8. The van der Waals surface area contributed by atoms with Crippen LogP contribution in [-0.2, 0) is 0 Å². The van der Waals surface area contributed by atoms with Gasteiger partial charge in [-0.05, 0) is 34.6 Å². The summed E-state index contributed by atoms with van der Waals surface area (Å²) in [6.07, 6.45) is 0. The van der Waals surface area contributed by atoms with Gasteiger partial charge in [-0.2, -0.15) is 0 Å². The molecule has 0 saturated carbocycles. The number of rotatable bonds is 0. The predicted molar refractivity (Wildman–Crippen MR) is 112 cm³/mol. The summed E-state index contributed by atoms with van der Waals surface area (Å²) in [5.41, 5.74) is 8.08. The number of anilines is 2. The molecule has 2 aliphatic heterocycles. The number of para-hydroxylation sites is 2. The second kappa shape index (κ2) is 4.40. The molecule has 4 heterocycles. The van der Waals surface area contributed by atoms with Crippen molar-refractivity contribution in [2.75, 3.05) is 4.81 Å². The summed E-state index contributed by atoms with van der Waals surface area (Å²) in [7, 11) is 0. The van der Waals surface area contributed by atoms with E-state index >= 15 is 0 Å². The molecule has 2 aliphatic rings. The van der Waals surface area contributed by atoms with Gasteiger partial charge in [0.25, 0.3) is 0 Å². The van der Waals surface area contributed by atoms with Gasteiger partial charge >= 0.3 is 6.98 Å². The number of nitrogens with zero attached hydrogens (tertiary/aromatic N) is 2. The first-order valence-electron chi connectivity index (χ1n) is 8.91. The molecule has 0 saturated heterocycles. The average molecular weight is 348 g/mol. The van der Waals surface area contributed by atoms with Gasteiger partial charge in [0.2, 0.25) is 0 Å². The zero-order valence-electron chi connectivity index (χ0n) is 13.9. The van der Waals surface area contributed by atoms with E-state index in [1.165, 1.54) is 49.1 Å². The molecule has 0 N–H and O–H groups in total. The number of hydrogen-bond acceptors (Lipinski definition) is 2. The van der Waals surface area contributed by atoms with E-state index in [0.717, 1.165) is 0 Å². The predicted octanol–water partition coefficient (Wildman–Crippen LogP) is 5.23. The summed E-state index contributed by atoms with van der Waals surface area (Å²) >= 11 is 1.84. The maximum atomic E-state index is 2.54. The van der Waals surface area contributed by atoms with Crippen molar-refractivity contribution in [3.05, 3.63) is 78.2 Å². The first kappa shape index (κ1) is 13.3. The second-order valence-corrected chi connectivity index (χ2v) is 7.94. The van der Waals surface area contributed by atoms with E-state index in [4.69, 9.17) is 0 Å². The minimum Gasteiger partial charge on any atom is -0.359 e. The van der Waals surface area contributed by atoms with Gasteiger partial charge in [0.15, 0.2) is 0 Å². The lowest BCUT2D eigenvalue weighted by Gasteiger charge is -2.32. The molecule has 0 fully saturated rings. The fourth-order valence-electron chi connectivity index (χ4n) is 4.89. The van der Waals surface area contributed by atoms with Gasteiger partial charge in [-0.25, -0.2) is 0 Å². The van der Waals surface area contributed by atoms with Crippen LogP contribution >= 0.6 is 11.3 Å². The van der Waals surface area contributed by atoms with Gasteiger partial charge < -0.3 is 9.29 Å². The third-order valence-electron chi connectivity index (χ3n) is 5.85. The van der Waals surface area contributed by atoms with Crippen molar-refractivity contribution >= 4 is 57.0 Å². The van der Waals surface area contributed by atoms with Crippen LogP contribution in [0.1, 0.15) is 0 Å². The lowest BCUT2D eigenvalue weighted by atomic mass is 9.61. The number of fused-ring (bicyclic) bond motifs is 11. The molecule has 0 unspecified atom stereocenters. The van der Waals surface area contributed by atoms with Gasteiger partial charge in [0.1, 0.15) is 0 Å². The summed E-state index contributed by atoms with van der Waals surface area (Å²) in [6.45, 7) is 0.188. The van der Waals surface area contributed by atoms with Crippen LogP contribution in [0.4, 0.5) is 11.4 Å². The highest BCUT2D eigenvalue weighted by atomic mass is 32.1. The molecule has 0 aliphatic carbocycles. The third kappa shape index (κ3) is 1.35. The molecule has 0 radical (unpaired) electrons. The maximum absolute atomic E-state index is 2.54. The first-order valence-corrected chi connectivity index (χ1v) is 9.79. The normalized spacial score (nSPS) is 14.0. The van der Waals surface area contributed by atoms with Crippen LogP contribution in [0.3, 0.4) is 0 Å². The van der Waals surface area contributed by atoms with Crippen LogP contribution < -0.4 is 10.3 Å². The standard InChI is InChI=1S/C22H13BN2S/c1-3-9-17-16(7-1)22-20(12-13-26-22)24-19-11-5-8-15-14-6-2-4-10-18(14)25(21(15)19)23(17)24/h1-13H. The Hall–Kier alpha value is -2.98. The van der Waals surface area contributed by atoms with Gasteiger partial charge in [0, 0.05) is 22.0 Å². The number of hydrogen-bond donors (Lipinski definition) is 0. The maximum Gasteiger partial charge on any atom is 0.421 e. The van der Waals surface area contributed by atoms with Gasteiger partial charge in [-0.3, -0.25) is 0 Å². The Kier molecular flexibility index (Phi) is 2.25. The van der Waals surface area contributed by atoms with E-state index in [1.807, 2.05) is 11.3 Å². The van der Waals surface area contributed by atoms with E-state index in [-0.39, 0.29) is 6.98 Å². The first-order chi connectivity index (χ1) is 12.9. The molecule has 26 heavy (non-hydrogen) atoms. The van der Waals surface area contributed by atoms with Crippen molar-refractivity contribution in [2.45, 2.75) is 0 Å². The lowest BCUT2D eigenvalue weighted by molar-refractivity contribution is 1.32. The van der Waals surface area contributed by atoms with E-state index in [9.17, 15) is 0 Å². The van der Waals surface area contributed by atoms with Crippen LogP contribution in [-0.4, -0.2) is 11.5 Å². The Labute approximate surface area is 155 Å². The monoisotopic (exact) mass is 348 g/mol. The molecule has 120 valence electrons. The molecule has 0 spiro atoms. The minimum absolute atomic E-state index is 0.188. The number of thiophene rings is 1. The summed E-state index contributed by atoms with van der Waals surface area (Å²) < 4.78 is 2.54. The fourth-order valence-corrected chi connectivity index (χ4v) is 5.82. The number of benzene rings is 3. The van der Waals surface area contributed by atoms with E-state index in [0.29, 0.717) is 0 Å². The van der Waals surface area contributed by atoms with Crippen molar-refractivity contribution in [3.63, 3.8) is 0 Å². The van der Waals surface area contributed by atoms with Crippen LogP contribution in [0.5, 0.6) is 0 Å². The Bertz CT molecular complexity index is 1360. The molecule has 2 aromatic heterocycles. The van der Waals surface area contributed by atoms with Crippen LogP contribution in [0.2, 0.25) is 0 Å². The SMILES string of the molecule is c1ccc2c(c1)B1N(c3ccsc3-2)c2cccc3c4ccccc4n1c23. The van der Waals surface area contributed by atoms with Crippen LogP contribution in [0.25, 0.3) is 32.2 Å². The molecule has 0 bridgehead atoms. The molecule has 4 heteroatoms. The van der Waals surface area contributed by atoms with E-state index in [1.54, 1.807) is 0 Å².